The number of rotatable bonds is 3. The second-order valence-corrected chi connectivity index (χ2v) is 5.24. The van der Waals surface area contributed by atoms with E-state index in [0.717, 1.165) is 6.26 Å². The van der Waals surface area contributed by atoms with Crippen molar-refractivity contribution in [1.29, 1.82) is 0 Å². The highest BCUT2D eigenvalue weighted by Gasteiger charge is 2.13. The largest absolute Gasteiger partial charge is 0.448 e. The Hall–Kier alpha value is -1.83. The van der Waals surface area contributed by atoms with Gasteiger partial charge in [0.2, 0.25) is 14.9 Å². The van der Waals surface area contributed by atoms with Gasteiger partial charge in [0.15, 0.2) is 5.82 Å². The van der Waals surface area contributed by atoms with Crippen LogP contribution in [0.1, 0.15) is 5.76 Å². The number of aromatic nitrogens is 3. The van der Waals surface area contributed by atoms with Crippen molar-refractivity contribution in [2.45, 2.75) is 11.6 Å². The highest BCUT2D eigenvalue weighted by Crippen LogP contribution is 2.14. The zero-order valence-electron chi connectivity index (χ0n) is 8.49. The molecule has 0 bridgehead atoms. The molecule has 0 saturated heterocycles. The van der Waals surface area contributed by atoms with Crippen LogP contribution in [-0.2, 0) is 16.4 Å². The molecule has 0 aliphatic carbocycles. The molecule has 0 radical (unpaired) electrons. The third-order valence-corrected chi connectivity index (χ3v) is 2.80. The summed E-state index contributed by atoms with van der Waals surface area (Å²) in [5.41, 5.74) is 5.39. The van der Waals surface area contributed by atoms with E-state index >= 15 is 0 Å². The first-order chi connectivity index (χ1) is 7.45. The second kappa shape index (κ2) is 3.63. The molecule has 0 fully saturated rings. The first-order valence-corrected chi connectivity index (χ1v) is 6.28. The zero-order valence-corrected chi connectivity index (χ0v) is 9.31. The molecular formula is C8H10N4O3S. The summed E-state index contributed by atoms with van der Waals surface area (Å²) in [5.74, 6) is 0.755. The predicted molar refractivity (Wildman–Crippen MR) is 55.4 cm³/mol. The Labute approximate surface area is 91.8 Å². The third-order valence-electron chi connectivity index (χ3n) is 1.85. The molecule has 0 unspecified atom stereocenters. The molecule has 0 amide bonds. The predicted octanol–water partition coefficient (Wildman–Crippen LogP) is -0.0949. The average molecular weight is 242 g/mol. The number of nitrogens with two attached hydrogens (primary N) is 1. The van der Waals surface area contributed by atoms with E-state index in [0.29, 0.717) is 11.6 Å². The normalized spacial score (nSPS) is 11.8. The van der Waals surface area contributed by atoms with Gasteiger partial charge >= 0.3 is 0 Å². The number of nitrogen functional groups attached to an aromatic ring is 1. The lowest BCUT2D eigenvalue weighted by Gasteiger charge is -1.95. The smallest absolute Gasteiger partial charge is 0.217 e. The summed E-state index contributed by atoms with van der Waals surface area (Å²) in [7, 11) is -3.31. The first kappa shape index (κ1) is 10.7. The van der Waals surface area contributed by atoms with Crippen LogP contribution in [0.2, 0.25) is 0 Å². The van der Waals surface area contributed by atoms with Crippen LogP contribution in [0.4, 0.5) is 5.82 Å². The van der Waals surface area contributed by atoms with E-state index in [9.17, 15) is 8.42 Å². The number of anilines is 1. The van der Waals surface area contributed by atoms with E-state index in [1.807, 2.05) is 0 Å². The van der Waals surface area contributed by atoms with Crippen molar-refractivity contribution in [3.63, 3.8) is 0 Å². The average Bonchev–Trinajstić information content (AvgIpc) is 2.74. The minimum absolute atomic E-state index is 0.0670. The molecule has 7 nitrogen and oxygen atoms in total. The van der Waals surface area contributed by atoms with Crippen molar-refractivity contribution < 1.29 is 12.8 Å². The van der Waals surface area contributed by atoms with Crippen molar-refractivity contribution in [2.24, 2.45) is 0 Å². The molecule has 8 heteroatoms. The third kappa shape index (κ3) is 2.22. The van der Waals surface area contributed by atoms with Gasteiger partial charge in [-0.25, -0.2) is 8.42 Å². The lowest BCUT2D eigenvalue weighted by atomic mass is 10.5. The molecule has 86 valence electrons. The van der Waals surface area contributed by atoms with Gasteiger partial charge in [-0.05, 0) is 12.1 Å². The van der Waals surface area contributed by atoms with Gasteiger partial charge in [0.1, 0.15) is 12.3 Å². The minimum atomic E-state index is -3.31. The topological polar surface area (TPSA) is 104 Å². The molecule has 16 heavy (non-hydrogen) atoms. The van der Waals surface area contributed by atoms with Gasteiger partial charge in [-0.2, -0.15) is 9.90 Å². The lowest BCUT2D eigenvalue weighted by Crippen LogP contribution is -2.03. The van der Waals surface area contributed by atoms with E-state index in [4.69, 9.17) is 10.2 Å². The molecule has 0 aliphatic rings. The van der Waals surface area contributed by atoms with E-state index < -0.39 is 9.84 Å². The summed E-state index contributed by atoms with van der Waals surface area (Å²) in [6.07, 6.45) is 2.49. The number of nitrogens with zero attached hydrogens (tertiary/aromatic N) is 3. The summed E-state index contributed by atoms with van der Waals surface area (Å²) in [4.78, 5) is 1.32. The molecule has 0 spiro atoms. The van der Waals surface area contributed by atoms with Crippen LogP contribution in [0.15, 0.2) is 27.8 Å². The van der Waals surface area contributed by atoms with Crippen molar-refractivity contribution >= 4 is 15.7 Å². The minimum Gasteiger partial charge on any atom is -0.448 e. The van der Waals surface area contributed by atoms with Crippen molar-refractivity contribution in [2.75, 3.05) is 12.0 Å². The Kier molecular flexibility index (Phi) is 2.43. The van der Waals surface area contributed by atoms with Gasteiger partial charge in [0.05, 0.1) is 6.20 Å². The Balaban J connectivity index is 2.21. The van der Waals surface area contributed by atoms with Gasteiger partial charge in [0, 0.05) is 6.26 Å². The molecule has 0 aliphatic heterocycles. The molecular weight excluding hydrogens is 232 g/mol. The zero-order chi connectivity index (χ0) is 11.8. The summed E-state index contributed by atoms with van der Waals surface area (Å²) < 4.78 is 27.4. The van der Waals surface area contributed by atoms with E-state index in [-0.39, 0.29) is 11.6 Å². The SMILES string of the molecule is CS(=O)(=O)c1ccc(Cn2ncc(N)n2)o1. The maximum Gasteiger partial charge on any atom is 0.217 e. The fourth-order valence-electron chi connectivity index (χ4n) is 1.17. The highest BCUT2D eigenvalue weighted by molar-refractivity contribution is 7.90. The summed E-state index contributed by atoms with van der Waals surface area (Å²) in [6.45, 7) is 0.243. The molecule has 2 heterocycles. The molecule has 2 aromatic heterocycles. The van der Waals surface area contributed by atoms with Crippen LogP contribution < -0.4 is 5.73 Å². The second-order valence-electron chi connectivity index (χ2n) is 3.29. The fraction of sp³-hybridized carbons (Fsp3) is 0.250. The number of furan rings is 1. The van der Waals surface area contributed by atoms with Crippen LogP contribution in [-0.4, -0.2) is 29.7 Å². The number of sulfone groups is 1. The standard InChI is InChI=1S/C8H10N4O3S/c1-16(13,14)8-3-2-6(15-8)5-12-10-4-7(9)11-12/h2-4H,5H2,1H3,(H2,9,11). The van der Waals surface area contributed by atoms with Gasteiger partial charge in [-0.15, -0.1) is 5.10 Å². The molecule has 0 aromatic carbocycles. The van der Waals surface area contributed by atoms with Crippen LogP contribution in [0.3, 0.4) is 0 Å². The van der Waals surface area contributed by atoms with E-state index in [1.54, 1.807) is 6.07 Å². The highest BCUT2D eigenvalue weighted by atomic mass is 32.2. The van der Waals surface area contributed by atoms with E-state index in [2.05, 4.69) is 10.2 Å². The Morgan fingerprint density at radius 3 is 2.75 bits per heavy atom. The van der Waals surface area contributed by atoms with Crippen LogP contribution in [0.5, 0.6) is 0 Å². The summed E-state index contributed by atoms with van der Waals surface area (Å²) in [6, 6.07) is 2.97. The van der Waals surface area contributed by atoms with Crippen molar-refractivity contribution in [3.05, 3.63) is 24.1 Å². The maximum absolute atomic E-state index is 11.2. The van der Waals surface area contributed by atoms with Crippen LogP contribution in [0, 0.1) is 0 Å². The molecule has 2 N–H and O–H groups in total. The molecule has 0 atom stereocenters. The first-order valence-electron chi connectivity index (χ1n) is 4.39. The Bertz CT molecular complexity index is 598. The van der Waals surface area contributed by atoms with Gasteiger partial charge in [-0.3, -0.25) is 0 Å². The Morgan fingerprint density at radius 2 is 2.25 bits per heavy atom. The van der Waals surface area contributed by atoms with Gasteiger partial charge in [-0.1, -0.05) is 0 Å². The molecule has 0 saturated carbocycles. The van der Waals surface area contributed by atoms with Gasteiger partial charge in [0.25, 0.3) is 0 Å². The van der Waals surface area contributed by atoms with Crippen molar-refractivity contribution in [1.82, 2.24) is 15.0 Å². The Morgan fingerprint density at radius 1 is 1.50 bits per heavy atom. The van der Waals surface area contributed by atoms with Gasteiger partial charge < -0.3 is 10.2 Å². The number of hydrogen-bond acceptors (Lipinski definition) is 6. The maximum atomic E-state index is 11.2. The van der Waals surface area contributed by atoms with Crippen LogP contribution in [0.25, 0.3) is 0 Å². The van der Waals surface area contributed by atoms with Crippen molar-refractivity contribution in [3.8, 4) is 0 Å². The molecule has 2 aromatic rings. The van der Waals surface area contributed by atoms with E-state index in [1.165, 1.54) is 17.1 Å². The summed E-state index contributed by atoms with van der Waals surface area (Å²) >= 11 is 0. The summed E-state index contributed by atoms with van der Waals surface area (Å²) in [5, 5.41) is 7.64. The fourth-order valence-corrected chi connectivity index (χ4v) is 1.74. The quantitative estimate of drug-likeness (QED) is 0.806. The lowest BCUT2D eigenvalue weighted by molar-refractivity contribution is 0.392. The number of hydrogen-bond donors (Lipinski definition) is 1. The van der Waals surface area contributed by atoms with Crippen LogP contribution >= 0.6 is 0 Å². The monoisotopic (exact) mass is 242 g/mol. The molecule has 2 rings (SSSR count).